The van der Waals surface area contributed by atoms with Gasteiger partial charge in [-0.05, 0) is 19.0 Å². The van der Waals surface area contributed by atoms with Gasteiger partial charge in [-0.1, -0.05) is 18.2 Å². The SMILES string of the molecule is N#CCCCNCc1ccccc1F. The first-order chi connectivity index (χ1) is 6.84. The largest absolute Gasteiger partial charge is 0.313 e. The molecule has 1 aromatic rings. The maximum absolute atomic E-state index is 13.1. The summed E-state index contributed by atoms with van der Waals surface area (Å²) in [7, 11) is 0. The van der Waals surface area contributed by atoms with Gasteiger partial charge in [-0.15, -0.1) is 0 Å². The first-order valence-electron chi connectivity index (χ1n) is 4.65. The zero-order chi connectivity index (χ0) is 10.2. The molecule has 0 aliphatic carbocycles. The van der Waals surface area contributed by atoms with Crippen molar-refractivity contribution in [3.8, 4) is 6.07 Å². The molecule has 0 aliphatic rings. The zero-order valence-electron chi connectivity index (χ0n) is 7.96. The third-order valence-corrected chi connectivity index (χ3v) is 1.92. The van der Waals surface area contributed by atoms with Gasteiger partial charge in [0.2, 0.25) is 0 Å². The maximum Gasteiger partial charge on any atom is 0.127 e. The lowest BCUT2D eigenvalue weighted by atomic mass is 10.2. The molecule has 14 heavy (non-hydrogen) atoms. The van der Waals surface area contributed by atoms with Gasteiger partial charge in [-0.25, -0.2) is 4.39 Å². The molecule has 0 amide bonds. The molecule has 0 heterocycles. The van der Waals surface area contributed by atoms with Gasteiger partial charge < -0.3 is 5.32 Å². The molecule has 1 rings (SSSR count). The van der Waals surface area contributed by atoms with Crippen molar-refractivity contribution >= 4 is 0 Å². The summed E-state index contributed by atoms with van der Waals surface area (Å²) in [5.41, 5.74) is 0.671. The van der Waals surface area contributed by atoms with Crippen LogP contribution in [0.25, 0.3) is 0 Å². The Labute approximate surface area is 83.4 Å². The Kier molecular flexibility index (Phi) is 4.66. The van der Waals surface area contributed by atoms with Gasteiger partial charge in [-0.3, -0.25) is 0 Å². The summed E-state index contributed by atoms with van der Waals surface area (Å²) in [6.45, 7) is 1.28. The standard InChI is InChI=1S/C11H13FN2/c12-11-6-2-1-5-10(11)9-14-8-4-3-7-13/h1-2,5-6,14H,3-4,8-9H2. The van der Waals surface area contributed by atoms with Crippen molar-refractivity contribution in [1.29, 1.82) is 5.26 Å². The zero-order valence-corrected chi connectivity index (χ0v) is 7.96. The van der Waals surface area contributed by atoms with Gasteiger partial charge in [0.1, 0.15) is 5.82 Å². The second-order valence-electron chi connectivity index (χ2n) is 3.03. The van der Waals surface area contributed by atoms with Crippen molar-refractivity contribution in [1.82, 2.24) is 5.32 Å². The van der Waals surface area contributed by atoms with Crippen LogP contribution in [0.4, 0.5) is 4.39 Å². The van der Waals surface area contributed by atoms with E-state index >= 15 is 0 Å². The smallest absolute Gasteiger partial charge is 0.127 e. The number of rotatable bonds is 5. The fourth-order valence-electron chi connectivity index (χ4n) is 1.16. The summed E-state index contributed by atoms with van der Waals surface area (Å²) < 4.78 is 13.1. The average Bonchev–Trinajstić information content (AvgIpc) is 2.20. The third-order valence-electron chi connectivity index (χ3n) is 1.92. The van der Waals surface area contributed by atoms with Gasteiger partial charge in [0, 0.05) is 18.5 Å². The number of halogens is 1. The van der Waals surface area contributed by atoms with Crippen LogP contribution in [0.2, 0.25) is 0 Å². The second-order valence-corrected chi connectivity index (χ2v) is 3.03. The lowest BCUT2D eigenvalue weighted by molar-refractivity contribution is 0.583. The monoisotopic (exact) mass is 192 g/mol. The predicted molar refractivity (Wildman–Crippen MR) is 53.0 cm³/mol. The molecule has 0 aromatic heterocycles. The Balaban J connectivity index is 2.25. The van der Waals surface area contributed by atoms with Crippen LogP contribution in [0.1, 0.15) is 18.4 Å². The van der Waals surface area contributed by atoms with Gasteiger partial charge in [0.15, 0.2) is 0 Å². The number of benzene rings is 1. The Bertz CT molecular complexity index is 317. The third kappa shape index (κ3) is 3.55. The molecule has 3 heteroatoms. The Morgan fingerprint density at radius 3 is 2.86 bits per heavy atom. The number of nitrogens with one attached hydrogen (secondary N) is 1. The van der Waals surface area contributed by atoms with E-state index in [0.717, 1.165) is 13.0 Å². The van der Waals surface area contributed by atoms with Gasteiger partial charge >= 0.3 is 0 Å². The van der Waals surface area contributed by atoms with E-state index in [9.17, 15) is 4.39 Å². The van der Waals surface area contributed by atoms with E-state index in [4.69, 9.17) is 5.26 Å². The molecular weight excluding hydrogens is 179 g/mol. The van der Waals surface area contributed by atoms with Crippen molar-refractivity contribution in [3.05, 3.63) is 35.6 Å². The molecule has 0 atom stereocenters. The molecular formula is C11H13FN2. The van der Waals surface area contributed by atoms with E-state index in [2.05, 4.69) is 11.4 Å². The summed E-state index contributed by atoms with van der Waals surface area (Å²) in [5, 5.41) is 11.4. The topological polar surface area (TPSA) is 35.8 Å². The van der Waals surface area contributed by atoms with Crippen LogP contribution in [0.5, 0.6) is 0 Å². The highest BCUT2D eigenvalue weighted by Gasteiger charge is 1.98. The molecule has 1 N–H and O–H groups in total. The molecule has 0 fully saturated rings. The van der Waals surface area contributed by atoms with Gasteiger partial charge in [0.25, 0.3) is 0 Å². The van der Waals surface area contributed by atoms with E-state index in [-0.39, 0.29) is 5.82 Å². The van der Waals surface area contributed by atoms with Crippen LogP contribution < -0.4 is 5.32 Å². The quantitative estimate of drug-likeness (QED) is 0.726. The molecule has 0 spiro atoms. The van der Waals surface area contributed by atoms with Crippen molar-refractivity contribution in [3.63, 3.8) is 0 Å². The van der Waals surface area contributed by atoms with Crippen LogP contribution >= 0.6 is 0 Å². The van der Waals surface area contributed by atoms with Gasteiger partial charge in [-0.2, -0.15) is 5.26 Å². The number of hydrogen-bond acceptors (Lipinski definition) is 2. The minimum atomic E-state index is -0.180. The molecule has 0 radical (unpaired) electrons. The number of nitrogens with zero attached hydrogens (tertiary/aromatic N) is 1. The molecule has 0 unspecified atom stereocenters. The predicted octanol–water partition coefficient (Wildman–Crippen LogP) is 2.22. The number of nitriles is 1. The normalized spacial score (nSPS) is 9.71. The van der Waals surface area contributed by atoms with Crippen molar-refractivity contribution < 1.29 is 4.39 Å². The summed E-state index contributed by atoms with van der Waals surface area (Å²) in [6.07, 6.45) is 1.36. The summed E-state index contributed by atoms with van der Waals surface area (Å²) >= 11 is 0. The minimum Gasteiger partial charge on any atom is -0.313 e. The van der Waals surface area contributed by atoms with Crippen molar-refractivity contribution in [2.24, 2.45) is 0 Å². The van der Waals surface area contributed by atoms with Crippen LogP contribution in [0, 0.1) is 17.1 Å². The Morgan fingerprint density at radius 1 is 1.36 bits per heavy atom. The molecule has 0 aliphatic heterocycles. The van der Waals surface area contributed by atoms with Gasteiger partial charge in [0.05, 0.1) is 6.07 Å². The highest BCUT2D eigenvalue weighted by atomic mass is 19.1. The average molecular weight is 192 g/mol. The summed E-state index contributed by atoms with van der Waals surface area (Å²) in [5.74, 6) is -0.180. The highest BCUT2D eigenvalue weighted by molar-refractivity contribution is 5.16. The van der Waals surface area contributed by atoms with Crippen molar-refractivity contribution in [2.75, 3.05) is 6.54 Å². The maximum atomic E-state index is 13.1. The lowest BCUT2D eigenvalue weighted by Gasteiger charge is -2.03. The Hall–Kier alpha value is -1.40. The van der Waals surface area contributed by atoms with E-state index in [0.29, 0.717) is 18.5 Å². The lowest BCUT2D eigenvalue weighted by Crippen LogP contribution is -2.15. The Morgan fingerprint density at radius 2 is 2.14 bits per heavy atom. The van der Waals surface area contributed by atoms with Crippen molar-refractivity contribution in [2.45, 2.75) is 19.4 Å². The molecule has 2 nitrogen and oxygen atoms in total. The molecule has 74 valence electrons. The van der Waals surface area contributed by atoms with E-state index in [1.165, 1.54) is 6.07 Å². The minimum absolute atomic E-state index is 0.180. The highest BCUT2D eigenvalue weighted by Crippen LogP contribution is 2.05. The summed E-state index contributed by atoms with van der Waals surface area (Å²) in [6, 6.07) is 8.76. The molecule has 1 aromatic carbocycles. The van der Waals surface area contributed by atoms with Crippen LogP contribution in [0.3, 0.4) is 0 Å². The van der Waals surface area contributed by atoms with Crippen LogP contribution in [-0.4, -0.2) is 6.54 Å². The molecule has 0 saturated carbocycles. The number of unbranched alkanes of at least 4 members (excludes halogenated alkanes) is 1. The van der Waals surface area contributed by atoms with Crippen LogP contribution in [-0.2, 0) is 6.54 Å². The van der Waals surface area contributed by atoms with E-state index in [1.807, 2.05) is 6.07 Å². The second kappa shape index (κ2) is 6.11. The summed E-state index contributed by atoms with van der Waals surface area (Å²) in [4.78, 5) is 0. The first kappa shape index (κ1) is 10.7. The molecule has 0 saturated heterocycles. The fraction of sp³-hybridized carbons (Fsp3) is 0.364. The van der Waals surface area contributed by atoms with Crippen LogP contribution in [0.15, 0.2) is 24.3 Å². The van der Waals surface area contributed by atoms with E-state index < -0.39 is 0 Å². The first-order valence-corrected chi connectivity index (χ1v) is 4.65. The van der Waals surface area contributed by atoms with E-state index in [1.54, 1.807) is 12.1 Å². The molecule has 0 bridgehead atoms. The fourth-order valence-corrected chi connectivity index (χ4v) is 1.16. The number of hydrogen-bond donors (Lipinski definition) is 1.